The number of nitrogens with one attached hydrogen (secondary N) is 2. The predicted octanol–water partition coefficient (Wildman–Crippen LogP) is 5.27. The number of carbonyl (C=O) groups is 3. The van der Waals surface area contributed by atoms with E-state index in [1.165, 1.54) is 35.0 Å². The molecule has 4 amide bonds. The lowest BCUT2D eigenvalue weighted by Crippen LogP contribution is -2.50. The van der Waals surface area contributed by atoms with Crippen molar-refractivity contribution in [3.05, 3.63) is 89.5 Å². The van der Waals surface area contributed by atoms with E-state index >= 15 is 0 Å². The molecule has 1 aliphatic heterocycles. The maximum atomic E-state index is 13.7. The highest BCUT2D eigenvalue weighted by molar-refractivity contribution is 6.00. The first-order valence-electron chi connectivity index (χ1n) is 14.1. The first-order valence-corrected chi connectivity index (χ1v) is 14.1. The normalized spacial score (nSPS) is 17.4. The number of aliphatic hydroxyl groups is 1. The van der Waals surface area contributed by atoms with Gasteiger partial charge in [-0.2, -0.15) is 13.2 Å². The van der Waals surface area contributed by atoms with E-state index in [0.717, 1.165) is 17.7 Å². The van der Waals surface area contributed by atoms with E-state index in [0.29, 0.717) is 5.69 Å². The Hall–Kier alpha value is -4.58. The van der Waals surface area contributed by atoms with Crippen LogP contribution in [-0.2, 0) is 17.4 Å². The highest BCUT2D eigenvalue weighted by Gasteiger charge is 2.34. The number of halogens is 3. The van der Waals surface area contributed by atoms with E-state index in [1.807, 2.05) is 37.3 Å². The smallest absolute Gasteiger partial charge is 0.416 e. The quantitative estimate of drug-likeness (QED) is 0.321. The average Bonchev–Trinajstić information content (AvgIpc) is 2.99. The molecule has 9 nitrogen and oxygen atoms in total. The number of hydrogen-bond acceptors (Lipinski definition) is 5. The van der Waals surface area contributed by atoms with Gasteiger partial charge in [0.2, 0.25) is 5.91 Å². The Bertz CT molecular complexity index is 1470. The predicted molar refractivity (Wildman–Crippen MR) is 159 cm³/mol. The number of urea groups is 1. The molecule has 1 heterocycles. The van der Waals surface area contributed by atoms with Crippen molar-refractivity contribution in [2.45, 2.75) is 38.6 Å². The number of amides is 4. The summed E-state index contributed by atoms with van der Waals surface area (Å²) in [5, 5.41) is 15.3. The van der Waals surface area contributed by atoms with Crippen LogP contribution < -0.4 is 15.4 Å². The van der Waals surface area contributed by atoms with Gasteiger partial charge in [-0.05, 0) is 55.0 Å². The summed E-state index contributed by atoms with van der Waals surface area (Å²) in [7, 11) is 1.53. The van der Waals surface area contributed by atoms with Crippen molar-refractivity contribution in [1.29, 1.82) is 0 Å². The van der Waals surface area contributed by atoms with Crippen LogP contribution in [0.3, 0.4) is 0 Å². The number of hydrogen-bond donors (Lipinski definition) is 3. The summed E-state index contributed by atoms with van der Waals surface area (Å²) in [5.41, 5.74) is 0.798. The molecule has 1 aliphatic rings. The summed E-state index contributed by atoms with van der Waals surface area (Å²) in [5.74, 6) is -0.672. The number of rotatable bonds is 8. The van der Waals surface area contributed by atoms with Crippen molar-refractivity contribution in [2.24, 2.45) is 5.92 Å². The SMILES string of the molecule is C[C@@H]1CN([C@H](C)CO)C(=O)c2cc(NC(=O)Cc3ccccc3)ccc2O[C@@H]1CN(C)C(=O)Nc1ccc(C(F)(F)F)cc1. The Labute approximate surface area is 253 Å². The zero-order chi connectivity index (χ0) is 32.0. The summed E-state index contributed by atoms with van der Waals surface area (Å²) in [6.07, 6.45) is -4.94. The minimum atomic E-state index is -4.49. The Morgan fingerprint density at radius 1 is 1.05 bits per heavy atom. The molecular weight excluding hydrogens is 577 g/mol. The Kier molecular flexibility index (Phi) is 10.1. The van der Waals surface area contributed by atoms with Crippen LogP contribution in [0.5, 0.6) is 5.75 Å². The molecule has 3 aromatic rings. The molecule has 0 bridgehead atoms. The van der Waals surface area contributed by atoms with Gasteiger partial charge >= 0.3 is 12.2 Å². The van der Waals surface area contributed by atoms with Gasteiger partial charge in [-0.1, -0.05) is 37.3 Å². The first-order chi connectivity index (χ1) is 20.8. The average molecular weight is 613 g/mol. The van der Waals surface area contributed by atoms with Gasteiger partial charge in [0, 0.05) is 30.9 Å². The number of alkyl halides is 3. The number of likely N-dealkylation sites (N-methyl/N-ethyl adjacent to an activating group) is 1. The van der Waals surface area contributed by atoms with Gasteiger partial charge in [-0.15, -0.1) is 0 Å². The van der Waals surface area contributed by atoms with E-state index < -0.39 is 29.9 Å². The third kappa shape index (κ3) is 8.07. The highest BCUT2D eigenvalue weighted by Crippen LogP contribution is 2.32. The first kappa shape index (κ1) is 32.3. The molecule has 0 aliphatic carbocycles. The van der Waals surface area contributed by atoms with Crippen molar-refractivity contribution in [2.75, 3.05) is 37.4 Å². The lowest BCUT2D eigenvalue weighted by Gasteiger charge is -2.38. The molecule has 3 aromatic carbocycles. The number of nitrogens with zero attached hydrogens (tertiary/aromatic N) is 2. The summed E-state index contributed by atoms with van der Waals surface area (Å²) in [4.78, 5) is 42.2. The molecule has 0 aromatic heterocycles. The van der Waals surface area contributed by atoms with Gasteiger partial charge in [0.15, 0.2) is 0 Å². The number of anilines is 2. The minimum absolute atomic E-state index is 0.0815. The molecule has 0 unspecified atom stereocenters. The molecule has 12 heteroatoms. The minimum Gasteiger partial charge on any atom is -0.487 e. The molecule has 3 N–H and O–H groups in total. The molecular formula is C32H35F3N4O5. The second-order valence-electron chi connectivity index (χ2n) is 10.9. The van der Waals surface area contributed by atoms with E-state index in [2.05, 4.69) is 10.6 Å². The van der Waals surface area contributed by atoms with Crippen LogP contribution in [0.25, 0.3) is 0 Å². The van der Waals surface area contributed by atoms with Crippen molar-refractivity contribution in [3.63, 3.8) is 0 Å². The Balaban J connectivity index is 1.52. The topological polar surface area (TPSA) is 111 Å². The van der Waals surface area contributed by atoms with E-state index in [1.54, 1.807) is 19.1 Å². The summed E-state index contributed by atoms with van der Waals surface area (Å²) in [6.45, 7) is 3.60. The van der Waals surface area contributed by atoms with Gasteiger partial charge in [0.1, 0.15) is 11.9 Å². The number of benzene rings is 3. The zero-order valence-electron chi connectivity index (χ0n) is 24.6. The lowest BCUT2D eigenvalue weighted by atomic mass is 9.99. The summed E-state index contributed by atoms with van der Waals surface area (Å²) in [6, 6.07) is 17.0. The van der Waals surface area contributed by atoms with Gasteiger partial charge in [-0.3, -0.25) is 9.59 Å². The fourth-order valence-electron chi connectivity index (χ4n) is 4.82. The highest BCUT2D eigenvalue weighted by atomic mass is 19.4. The molecule has 0 spiro atoms. The second kappa shape index (κ2) is 13.8. The van der Waals surface area contributed by atoms with Crippen LogP contribution in [-0.4, -0.2) is 71.6 Å². The summed E-state index contributed by atoms with van der Waals surface area (Å²) < 4.78 is 45.0. The van der Waals surface area contributed by atoms with Crippen LogP contribution in [0.1, 0.15) is 35.3 Å². The molecule has 4 rings (SSSR count). The second-order valence-corrected chi connectivity index (χ2v) is 10.9. The largest absolute Gasteiger partial charge is 0.487 e. The molecule has 0 saturated carbocycles. The number of aliphatic hydroxyl groups excluding tert-OH is 1. The molecule has 44 heavy (non-hydrogen) atoms. The van der Waals surface area contributed by atoms with Crippen LogP contribution in [0.15, 0.2) is 72.8 Å². The summed E-state index contributed by atoms with van der Waals surface area (Å²) >= 11 is 0. The Morgan fingerprint density at radius 3 is 2.34 bits per heavy atom. The number of ether oxygens (including phenoxy) is 1. The van der Waals surface area contributed by atoms with Crippen molar-refractivity contribution in [1.82, 2.24) is 9.80 Å². The van der Waals surface area contributed by atoms with E-state index in [9.17, 15) is 32.7 Å². The molecule has 234 valence electrons. The van der Waals surface area contributed by atoms with Crippen molar-refractivity contribution >= 4 is 29.2 Å². The van der Waals surface area contributed by atoms with Crippen LogP contribution >= 0.6 is 0 Å². The fourth-order valence-corrected chi connectivity index (χ4v) is 4.82. The third-order valence-corrected chi connectivity index (χ3v) is 7.42. The van der Waals surface area contributed by atoms with Gasteiger partial charge < -0.3 is 30.3 Å². The molecule has 0 saturated heterocycles. The molecule has 0 fully saturated rings. The van der Waals surface area contributed by atoms with E-state index in [4.69, 9.17) is 4.74 Å². The van der Waals surface area contributed by atoms with Crippen molar-refractivity contribution in [3.8, 4) is 5.75 Å². The number of carbonyl (C=O) groups excluding carboxylic acids is 3. The van der Waals surface area contributed by atoms with E-state index in [-0.39, 0.29) is 60.8 Å². The molecule has 3 atom stereocenters. The molecule has 0 radical (unpaired) electrons. The monoisotopic (exact) mass is 612 g/mol. The maximum Gasteiger partial charge on any atom is 0.416 e. The zero-order valence-corrected chi connectivity index (χ0v) is 24.6. The van der Waals surface area contributed by atoms with Gasteiger partial charge in [0.05, 0.1) is 36.7 Å². The fraction of sp³-hybridized carbons (Fsp3) is 0.344. The van der Waals surface area contributed by atoms with Crippen LogP contribution in [0.2, 0.25) is 0 Å². The van der Waals surface area contributed by atoms with Crippen molar-refractivity contribution < 1.29 is 37.4 Å². The third-order valence-electron chi connectivity index (χ3n) is 7.42. The lowest BCUT2D eigenvalue weighted by molar-refractivity contribution is -0.137. The maximum absolute atomic E-state index is 13.7. The van der Waals surface area contributed by atoms with Crippen LogP contribution in [0.4, 0.5) is 29.3 Å². The number of fused-ring (bicyclic) bond motifs is 1. The van der Waals surface area contributed by atoms with Crippen LogP contribution in [0, 0.1) is 5.92 Å². The van der Waals surface area contributed by atoms with Gasteiger partial charge in [-0.25, -0.2) is 4.79 Å². The van der Waals surface area contributed by atoms with Gasteiger partial charge in [0.25, 0.3) is 5.91 Å². The standard InChI is InChI=1S/C32H35F3N4O5/c1-20-17-39(21(2)19-40)30(42)26-16-25(36-29(41)15-22-7-5-4-6-8-22)13-14-27(26)44-28(20)18-38(3)31(43)37-24-11-9-23(10-12-24)32(33,34)35/h4-14,16,20-21,28,40H,15,17-19H2,1-3H3,(H,36,41)(H,37,43)/t20-,21-,28-/m1/s1. The Morgan fingerprint density at radius 2 is 1.70 bits per heavy atom.